The molecular weight excluding hydrogens is 478 g/mol. The molecule has 2 heterocycles. The Morgan fingerprint density at radius 2 is 1.50 bits per heavy atom. The van der Waals surface area contributed by atoms with Crippen molar-refractivity contribution in [1.29, 1.82) is 0 Å². The highest BCUT2D eigenvalue weighted by Crippen LogP contribution is 2.35. The van der Waals surface area contributed by atoms with Crippen LogP contribution in [0.3, 0.4) is 0 Å². The van der Waals surface area contributed by atoms with E-state index < -0.39 is 16.7 Å². The fourth-order valence-electron chi connectivity index (χ4n) is 4.04. The summed E-state index contributed by atoms with van der Waals surface area (Å²) >= 11 is 1.58. The van der Waals surface area contributed by atoms with Gasteiger partial charge >= 0.3 is 0 Å². The number of carbonyl (C=O) groups is 2. The van der Waals surface area contributed by atoms with Gasteiger partial charge in [-0.15, -0.1) is 11.3 Å². The van der Waals surface area contributed by atoms with E-state index in [-0.39, 0.29) is 16.8 Å². The molecule has 1 aliphatic rings. The first kappa shape index (κ1) is 21.6. The molecule has 4 aromatic carbocycles. The quantitative estimate of drug-likeness (QED) is 0.158. The Bertz CT molecular complexity index is 1640. The predicted octanol–water partition coefficient (Wildman–Crippen LogP) is 6.46. The normalized spacial score (nSPS) is 12.7. The van der Waals surface area contributed by atoms with Gasteiger partial charge in [0.25, 0.3) is 17.5 Å². The maximum Gasteiger partial charge on any atom is 0.269 e. The number of aromatic nitrogens is 1. The zero-order chi connectivity index (χ0) is 24.8. The number of carbonyl (C=O) groups excluding carboxylic acids is 2. The lowest BCUT2D eigenvalue weighted by atomic mass is 10.1. The fourth-order valence-corrected chi connectivity index (χ4v) is 5.01. The van der Waals surface area contributed by atoms with Crippen LogP contribution in [-0.4, -0.2) is 21.7 Å². The molecular formula is C27H15N3O5S. The summed E-state index contributed by atoms with van der Waals surface area (Å²) in [4.78, 5) is 42.3. The van der Waals surface area contributed by atoms with Crippen LogP contribution in [0, 0.1) is 10.1 Å². The zero-order valence-corrected chi connectivity index (χ0v) is 19.3. The Morgan fingerprint density at radius 1 is 0.806 bits per heavy atom. The number of nitro benzene ring substituents is 1. The van der Waals surface area contributed by atoms with Gasteiger partial charge in [0.2, 0.25) is 0 Å². The van der Waals surface area contributed by atoms with Crippen LogP contribution in [-0.2, 0) is 0 Å². The fraction of sp³-hybridized carbons (Fsp3) is 0. The molecule has 2 amide bonds. The van der Waals surface area contributed by atoms with E-state index in [1.54, 1.807) is 35.6 Å². The number of anilines is 1. The number of para-hydroxylation sites is 1. The monoisotopic (exact) mass is 493 g/mol. The van der Waals surface area contributed by atoms with Gasteiger partial charge in [0.15, 0.2) is 0 Å². The van der Waals surface area contributed by atoms with Crippen molar-refractivity contribution in [3.05, 3.63) is 112 Å². The van der Waals surface area contributed by atoms with Crippen molar-refractivity contribution >= 4 is 44.7 Å². The molecule has 1 aliphatic heterocycles. The number of benzene rings is 4. The van der Waals surface area contributed by atoms with Crippen molar-refractivity contribution < 1.29 is 19.2 Å². The largest absolute Gasteiger partial charge is 0.457 e. The van der Waals surface area contributed by atoms with Crippen LogP contribution >= 0.6 is 11.3 Å². The maximum absolute atomic E-state index is 13.2. The average molecular weight is 494 g/mol. The van der Waals surface area contributed by atoms with Crippen LogP contribution in [0.5, 0.6) is 11.5 Å². The third-order valence-electron chi connectivity index (χ3n) is 5.81. The molecule has 0 atom stereocenters. The second-order valence-corrected chi connectivity index (χ2v) is 9.07. The molecule has 5 aromatic rings. The number of hydrogen-bond donors (Lipinski definition) is 0. The number of ether oxygens (including phenoxy) is 1. The van der Waals surface area contributed by atoms with Crippen LogP contribution in [0.4, 0.5) is 11.4 Å². The van der Waals surface area contributed by atoms with Gasteiger partial charge in [-0.1, -0.05) is 12.1 Å². The van der Waals surface area contributed by atoms with Crippen LogP contribution < -0.4 is 9.64 Å². The van der Waals surface area contributed by atoms with Crippen molar-refractivity contribution in [2.75, 3.05) is 4.90 Å². The Balaban J connectivity index is 1.24. The van der Waals surface area contributed by atoms with Crippen molar-refractivity contribution in [2.24, 2.45) is 0 Å². The van der Waals surface area contributed by atoms with Gasteiger partial charge in [0.05, 0.1) is 32.0 Å². The summed E-state index contributed by atoms with van der Waals surface area (Å²) in [5.74, 6) is -0.141. The van der Waals surface area contributed by atoms with E-state index in [2.05, 4.69) is 4.98 Å². The average Bonchev–Trinajstić information content (AvgIpc) is 3.43. The van der Waals surface area contributed by atoms with E-state index in [4.69, 9.17) is 4.74 Å². The van der Waals surface area contributed by atoms with Crippen molar-refractivity contribution in [3.8, 4) is 22.1 Å². The van der Waals surface area contributed by atoms with E-state index >= 15 is 0 Å². The summed E-state index contributed by atoms with van der Waals surface area (Å²) in [6.07, 6.45) is 0. The molecule has 0 saturated carbocycles. The number of imide groups is 1. The molecule has 174 valence electrons. The summed E-state index contributed by atoms with van der Waals surface area (Å²) in [5, 5.41) is 11.7. The summed E-state index contributed by atoms with van der Waals surface area (Å²) in [6, 6.07) is 25.3. The van der Waals surface area contributed by atoms with Gasteiger partial charge in [0, 0.05) is 17.7 Å². The first-order valence-corrected chi connectivity index (χ1v) is 11.7. The first-order chi connectivity index (χ1) is 17.5. The second kappa shape index (κ2) is 8.40. The van der Waals surface area contributed by atoms with Gasteiger partial charge in [-0.25, -0.2) is 9.88 Å². The smallest absolute Gasteiger partial charge is 0.269 e. The maximum atomic E-state index is 13.2. The van der Waals surface area contributed by atoms with Gasteiger partial charge < -0.3 is 4.74 Å². The highest BCUT2D eigenvalue weighted by atomic mass is 32.1. The Labute approximate surface area is 208 Å². The number of rotatable bonds is 5. The Hall–Kier alpha value is -4.89. The topological polar surface area (TPSA) is 103 Å². The van der Waals surface area contributed by atoms with Gasteiger partial charge in [-0.2, -0.15) is 0 Å². The van der Waals surface area contributed by atoms with E-state index in [0.29, 0.717) is 17.2 Å². The molecule has 1 aromatic heterocycles. The van der Waals surface area contributed by atoms with Crippen molar-refractivity contribution in [3.63, 3.8) is 0 Å². The van der Waals surface area contributed by atoms with Crippen molar-refractivity contribution in [2.45, 2.75) is 0 Å². The molecule has 0 radical (unpaired) electrons. The minimum atomic E-state index is -0.496. The number of non-ortho nitro benzene ring substituents is 1. The third kappa shape index (κ3) is 3.68. The number of nitro groups is 1. The third-order valence-corrected chi connectivity index (χ3v) is 6.89. The van der Waals surface area contributed by atoms with Gasteiger partial charge in [-0.3, -0.25) is 19.7 Å². The lowest BCUT2D eigenvalue weighted by Gasteiger charge is -2.14. The minimum Gasteiger partial charge on any atom is -0.457 e. The molecule has 0 fully saturated rings. The molecule has 36 heavy (non-hydrogen) atoms. The summed E-state index contributed by atoms with van der Waals surface area (Å²) in [6.45, 7) is 0. The molecule has 0 aliphatic carbocycles. The number of nitrogens with zero attached hydrogens (tertiary/aromatic N) is 3. The lowest BCUT2D eigenvalue weighted by molar-refractivity contribution is -0.384. The highest BCUT2D eigenvalue weighted by molar-refractivity contribution is 7.21. The molecule has 0 N–H and O–H groups in total. The highest BCUT2D eigenvalue weighted by Gasteiger charge is 2.37. The van der Waals surface area contributed by atoms with Crippen LogP contribution in [0.25, 0.3) is 20.8 Å². The summed E-state index contributed by atoms with van der Waals surface area (Å²) in [7, 11) is 0. The standard InChI is InChI=1S/C27H15N3O5S/c31-26-21-14-13-20(35-19-11-9-18(10-12-19)30(33)34)15-22(21)27(32)29(26)17-7-5-16(6-8-17)25-28-23-3-1-2-4-24(23)36-25/h1-15H. The minimum absolute atomic E-state index is 0.0538. The molecule has 0 spiro atoms. The van der Waals surface area contributed by atoms with E-state index in [9.17, 15) is 19.7 Å². The number of thiazole rings is 1. The van der Waals surface area contributed by atoms with Crippen LogP contribution in [0.1, 0.15) is 20.7 Å². The Kier molecular flexibility index (Phi) is 5.05. The second-order valence-electron chi connectivity index (χ2n) is 8.04. The number of amides is 2. The molecule has 6 rings (SSSR count). The lowest BCUT2D eigenvalue weighted by Crippen LogP contribution is -2.29. The first-order valence-electron chi connectivity index (χ1n) is 10.9. The molecule has 8 nitrogen and oxygen atoms in total. The number of fused-ring (bicyclic) bond motifs is 2. The predicted molar refractivity (Wildman–Crippen MR) is 136 cm³/mol. The molecule has 0 unspecified atom stereocenters. The molecule has 0 bridgehead atoms. The van der Waals surface area contributed by atoms with Crippen LogP contribution in [0.15, 0.2) is 91.0 Å². The van der Waals surface area contributed by atoms with Crippen molar-refractivity contribution in [1.82, 2.24) is 4.98 Å². The summed E-state index contributed by atoms with van der Waals surface area (Å²) in [5.41, 5.74) is 2.75. The Morgan fingerprint density at radius 3 is 2.22 bits per heavy atom. The van der Waals surface area contributed by atoms with E-state index in [1.807, 2.05) is 36.4 Å². The molecule has 0 saturated heterocycles. The van der Waals surface area contributed by atoms with E-state index in [1.165, 1.54) is 30.3 Å². The zero-order valence-electron chi connectivity index (χ0n) is 18.5. The number of hydrogen-bond acceptors (Lipinski definition) is 7. The van der Waals surface area contributed by atoms with Gasteiger partial charge in [0.1, 0.15) is 16.5 Å². The molecule has 9 heteroatoms. The van der Waals surface area contributed by atoms with E-state index in [0.717, 1.165) is 25.7 Å². The van der Waals surface area contributed by atoms with Gasteiger partial charge in [-0.05, 0) is 66.7 Å². The SMILES string of the molecule is O=C1c2ccc(Oc3ccc([N+](=O)[O-])cc3)cc2C(=O)N1c1ccc(-c2nc3ccccc3s2)cc1. The van der Waals surface area contributed by atoms with Crippen LogP contribution in [0.2, 0.25) is 0 Å². The summed E-state index contributed by atoms with van der Waals surface area (Å²) < 4.78 is 6.83.